The van der Waals surface area contributed by atoms with Gasteiger partial charge in [-0.25, -0.2) is 19.3 Å². The Morgan fingerprint density at radius 2 is 2.12 bits per heavy atom. The standard InChI is InChI=1S/C18H21ClFN5/c1-3-5-6-12(4-2)24-18-15(20)10-23-17(25-18)14-9-22-16-13(14)7-11(19)8-21-16/h7-10,12H,3-6H2,1-2H3,(H,21,22)(H,23,24,25). The first-order valence-electron chi connectivity index (χ1n) is 8.54. The number of fused-ring (bicyclic) bond motifs is 1. The predicted octanol–water partition coefficient (Wildman–Crippen LogP) is 5.19. The van der Waals surface area contributed by atoms with E-state index in [-0.39, 0.29) is 11.9 Å². The minimum atomic E-state index is -0.449. The summed E-state index contributed by atoms with van der Waals surface area (Å²) < 4.78 is 14.2. The second-order valence-electron chi connectivity index (χ2n) is 6.03. The summed E-state index contributed by atoms with van der Waals surface area (Å²) in [7, 11) is 0. The molecule has 132 valence electrons. The largest absolute Gasteiger partial charge is 0.365 e. The number of nitrogens with one attached hydrogen (secondary N) is 2. The summed E-state index contributed by atoms with van der Waals surface area (Å²) in [5, 5.41) is 4.55. The molecule has 0 fully saturated rings. The first kappa shape index (κ1) is 17.6. The quantitative estimate of drug-likeness (QED) is 0.607. The fourth-order valence-electron chi connectivity index (χ4n) is 2.78. The second-order valence-corrected chi connectivity index (χ2v) is 6.47. The molecule has 3 aromatic rings. The number of H-pyrrole nitrogens is 1. The van der Waals surface area contributed by atoms with Gasteiger partial charge in [0.05, 0.1) is 11.2 Å². The number of aromatic nitrogens is 4. The highest BCUT2D eigenvalue weighted by Gasteiger charge is 2.15. The molecule has 0 bridgehead atoms. The SMILES string of the molecule is CCCCC(CC)Nc1nc(-c2c[nH]c3ncc(Cl)cc23)ncc1F. The maximum Gasteiger partial charge on any atom is 0.183 e. The van der Waals surface area contributed by atoms with Crippen LogP contribution >= 0.6 is 11.6 Å². The molecule has 0 saturated heterocycles. The molecule has 0 aliphatic rings. The van der Waals surface area contributed by atoms with Crippen LogP contribution in [0.5, 0.6) is 0 Å². The number of hydrogen-bond acceptors (Lipinski definition) is 4. The number of aromatic amines is 1. The van der Waals surface area contributed by atoms with Crippen molar-refractivity contribution >= 4 is 28.5 Å². The number of anilines is 1. The van der Waals surface area contributed by atoms with Gasteiger partial charge in [-0.2, -0.15) is 0 Å². The van der Waals surface area contributed by atoms with Crippen molar-refractivity contribution in [3.63, 3.8) is 0 Å². The maximum absolute atomic E-state index is 14.2. The molecule has 2 N–H and O–H groups in total. The Hall–Kier alpha value is -2.21. The number of unbranched alkanes of at least 4 members (excludes halogenated alkanes) is 1. The van der Waals surface area contributed by atoms with Crippen molar-refractivity contribution in [3.05, 3.63) is 35.5 Å². The minimum Gasteiger partial charge on any atom is -0.365 e. The van der Waals surface area contributed by atoms with Crippen LogP contribution in [0, 0.1) is 5.82 Å². The van der Waals surface area contributed by atoms with Gasteiger partial charge >= 0.3 is 0 Å². The van der Waals surface area contributed by atoms with Crippen LogP contribution in [0.3, 0.4) is 0 Å². The fraction of sp³-hybridized carbons (Fsp3) is 0.389. The maximum atomic E-state index is 14.2. The first-order chi connectivity index (χ1) is 12.1. The Labute approximate surface area is 151 Å². The summed E-state index contributed by atoms with van der Waals surface area (Å²) >= 11 is 6.04. The van der Waals surface area contributed by atoms with E-state index in [4.69, 9.17) is 11.6 Å². The highest BCUT2D eigenvalue weighted by Crippen LogP contribution is 2.28. The van der Waals surface area contributed by atoms with Crippen LogP contribution in [0.25, 0.3) is 22.4 Å². The third kappa shape index (κ3) is 3.90. The van der Waals surface area contributed by atoms with E-state index < -0.39 is 5.82 Å². The molecule has 0 aliphatic carbocycles. The molecule has 0 radical (unpaired) electrons. The smallest absolute Gasteiger partial charge is 0.183 e. The van der Waals surface area contributed by atoms with Gasteiger partial charge in [0.1, 0.15) is 5.65 Å². The van der Waals surface area contributed by atoms with Crippen molar-refractivity contribution in [3.8, 4) is 11.4 Å². The average molecular weight is 362 g/mol. The van der Waals surface area contributed by atoms with E-state index in [1.54, 1.807) is 18.5 Å². The summed E-state index contributed by atoms with van der Waals surface area (Å²) in [5.74, 6) is 0.219. The normalized spacial score (nSPS) is 12.5. The highest BCUT2D eigenvalue weighted by molar-refractivity contribution is 6.31. The fourth-order valence-corrected chi connectivity index (χ4v) is 2.94. The molecule has 0 amide bonds. The van der Waals surface area contributed by atoms with Crippen molar-refractivity contribution in [2.24, 2.45) is 0 Å². The average Bonchev–Trinajstić information content (AvgIpc) is 3.03. The molecule has 0 saturated carbocycles. The number of nitrogens with zero attached hydrogens (tertiary/aromatic N) is 3. The molecule has 3 aromatic heterocycles. The summed E-state index contributed by atoms with van der Waals surface area (Å²) in [6.07, 6.45) is 8.63. The van der Waals surface area contributed by atoms with Gasteiger partial charge in [-0.15, -0.1) is 0 Å². The van der Waals surface area contributed by atoms with Crippen LogP contribution in [0.2, 0.25) is 5.02 Å². The van der Waals surface area contributed by atoms with E-state index in [0.717, 1.165) is 36.6 Å². The van der Waals surface area contributed by atoms with Gasteiger partial charge in [-0.1, -0.05) is 38.3 Å². The topological polar surface area (TPSA) is 66.5 Å². The van der Waals surface area contributed by atoms with Gasteiger partial charge < -0.3 is 10.3 Å². The predicted molar refractivity (Wildman–Crippen MR) is 99.3 cm³/mol. The Balaban J connectivity index is 1.94. The number of rotatable bonds is 7. The number of hydrogen-bond donors (Lipinski definition) is 2. The van der Waals surface area contributed by atoms with Crippen molar-refractivity contribution in [1.29, 1.82) is 0 Å². The van der Waals surface area contributed by atoms with Crippen molar-refractivity contribution in [2.75, 3.05) is 5.32 Å². The van der Waals surface area contributed by atoms with Crippen LogP contribution in [0.1, 0.15) is 39.5 Å². The van der Waals surface area contributed by atoms with E-state index in [9.17, 15) is 4.39 Å². The van der Waals surface area contributed by atoms with Gasteiger partial charge in [0.25, 0.3) is 0 Å². The molecule has 25 heavy (non-hydrogen) atoms. The van der Waals surface area contributed by atoms with Crippen molar-refractivity contribution in [1.82, 2.24) is 19.9 Å². The molecular formula is C18H21ClFN5. The van der Waals surface area contributed by atoms with Crippen LogP contribution < -0.4 is 5.32 Å². The lowest BCUT2D eigenvalue weighted by Gasteiger charge is -2.17. The van der Waals surface area contributed by atoms with Gasteiger partial charge in [0, 0.05) is 29.4 Å². The molecule has 3 heterocycles. The van der Waals surface area contributed by atoms with E-state index in [0.29, 0.717) is 16.5 Å². The van der Waals surface area contributed by atoms with Gasteiger partial charge in [0.15, 0.2) is 17.5 Å². The van der Waals surface area contributed by atoms with E-state index in [1.807, 2.05) is 0 Å². The third-order valence-corrected chi connectivity index (χ3v) is 4.43. The Bertz CT molecular complexity index is 864. The molecule has 7 heteroatoms. The Morgan fingerprint density at radius 3 is 2.88 bits per heavy atom. The monoisotopic (exact) mass is 361 g/mol. The summed E-state index contributed by atoms with van der Waals surface area (Å²) in [4.78, 5) is 15.8. The van der Waals surface area contributed by atoms with E-state index in [1.165, 1.54) is 6.20 Å². The van der Waals surface area contributed by atoms with Gasteiger partial charge in [0.2, 0.25) is 0 Å². The highest BCUT2D eigenvalue weighted by atomic mass is 35.5. The van der Waals surface area contributed by atoms with Crippen molar-refractivity contribution < 1.29 is 4.39 Å². The van der Waals surface area contributed by atoms with Crippen LogP contribution in [0.15, 0.2) is 24.7 Å². The molecular weight excluding hydrogens is 341 g/mol. The zero-order valence-corrected chi connectivity index (χ0v) is 15.1. The molecule has 3 rings (SSSR count). The van der Waals surface area contributed by atoms with Crippen molar-refractivity contribution in [2.45, 2.75) is 45.6 Å². The minimum absolute atomic E-state index is 0.191. The molecule has 0 aromatic carbocycles. The lowest BCUT2D eigenvalue weighted by molar-refractivity contribution is 0.574. The number of halogens is 2. The van der Waals surface area contributed by atoms with Crippen LogP contribution in [-0.2, 0) is 0 Å². The molecule has 5 nitrogen and oxygen atoms in total. The van der Waals surface area contributed by atoms with Crippen LogP contribution in [-0.4, -0.2) is 26.0 Å². The van der Waals surface area contributed by atoms with Gasteiger partial charge in [-0.05, 0) is 18.9 Å². The lowest BCUT2D eigenvalue weighted by Crippen LogP contribution is -2.20. The third-order valence-electron chi connectivity index (χ3n) is 4.22. The number of pyridine rings is 1. The molecule has 0 spiro atoms. The molecule has 0 aliphatic heterocycles. The Morgan fingerprint density at radius 1 is 1.28 bits per heavy atom. The summed E-state index contributed by atoms with van der Waals surface area (Å²) in [5.41, 5.74) is 1.44. The zero-order valence-electron chi connectivity index (χ0n) is 14.3. The van der Waals surface area contributed by atoms with Crippen LogP contribution in [0.4, 0.5) is 10.2 Å². The lowest BCUT2D eigenvalue weighted by atomic mass is 10.1. The van der Waals surface area contributed by atoms with E-state index in [2.05, 4.69) is 39.1 Å². The van der Waals surface area contributed by atoms with Gasteiger partial charge in [-0.3, -0.25) is 0 Å². The van der Waals surface area contributed by atoms with E-state index >= 15 is 0 Å². The molecule has 1 atom stereocenters. The summed E-state index contributed by atoms with van der Waals surface area (Å²) in [6.45, 7) is 4.23. The summed E-state index contributed by atoms with van der Waals surface area (Å²) in [6, 6.07) is 1.99. The molecule has 1 unspecified atom stereocenters. The second kappa shape index (κ2) is 7.78. The Kier molecular flexibility index (Phi) is 5.48. The first-order valence-corrected chi connectivity index (χ1v) is 8.92. The zero-order chi connectivity index (χ0) is 17.8.